The molecule has 0 heterocycles. The number of hydrogen-bond acceptors (Lipinski definition) is 6. The molecular formula is C17H24N2O6. The molecule has 0 radical (unpaired) electrons. The van der Waals surface area contributed by atoms with Gasteiger partial charge in [0.15, 0.2) is 6.04 Å². The van der Waals surface area contributed by atoms with E-state index < -0.39 is 36.2 Å². The van der Waals surface area contributed by atoms with Gasteiger partial charge in [0.25, 0.3) is 5.91 Å². The third-order valence-corrected chi connectivity index (χ3v) is 3.03. The molecule has 0 fully saturated rings. The van der Waals surface area contributed by atoms with Gasteiger partial charge in [-0.25, -0.2) is 9.59 Å². The predicted octanol–water partition coefficient (Wildman–Crippen LogP) is 0.975. The Balaban J connectivity index is 2.59. The second-order valence-corrected chi connectivity index (χ2v) is 6.28. The van der Waals surface area contributed by atoms with Gasteiger partial charge in [-0.2, -0.15) is 0 Å². The molecule has 0 aliphatic carbocycles. The molecule has 0 saturated carbocycles. The first-order valence-electron chi connectivity index (χ1n) is 7.71. The number of ether oxygens (including phenoxy) is 2. The lowest BCUT2D eigenvalue weighted by molar-refractivity contribution is -0.143. The second-order valence-electron chi connectivity index (χ2n) is 6.28. The fourth-order valence-corrected chi connectivity index (χ4v) is 1.83. The monoisotopic (exact) mass is 352 g/mol. The van der Waals surface area contributed by atoms with E-state index in [0.29, 0.717) is 5.56 Å². The number of benzene rings is 1. The van der Waals surface area contributed by atoms with Crippen LogP contribution in [-0.4, -0.2) is 48.4 Å². The molecule has 8 nitrogen and oxygen atoms in total. The van der Waals surface area contributed by atoms with Crippen LogP contribution >= 0.6 is 0 Å². The smallest absolute Gasteiger partial charge is 0.407 e. The van der Waals surface area contributed by atoms with Crippen molar-refractivity contribution in [3.63, 3.8) is 0 Å². The van der Waals surface area contributed by atoms with Crippen LogP contribution in [-0.2, 0) is 20.8 Å². The van der Waals surface area contributed by atoms with Gasteiger partial charge in [0.05, 0.1) is 13.7 Å². The third kappa shape index (κ3) is 7.21. The van der Waals surface area contributed by atoms with Crippen molar-refractivity contribution in [2.75, 3.05) is 13.7 Å². The summed E-state index contributed by atoms with van der Waals surface area (Å²) in [5, 5.41) is 14.1. The number of aliphatic hydroxyl groups is 1. The first-order valence-corrected chi connectivity index (χ1v) is 7.71. The molecule has 1 atom stereocenters. The number of nitrogens with one attached hydrogen (secondary N) is 2. The fraction of sp³-hybridized carbons (Fsp3) is 0.471. The number of alkyl carbamates (subject to hydrolysis) is 1. The Bertz CT molecular complexity index is 607. The largest absolute Gasteiger partial charge is 0.467 e. The summed E-state index contributed by atoms with van der Waals surface area (Å²) in [5.41, 5.74) is 0.506. The Morgan fingerprint density at radius 1 is 1.16 bits per heavy atom. The molecule has 8 heteroatoms. The van der Waals surface area contributed by atoms with Crippen molar-refractivity contribution in [3.8, 4) is 0 Å². The van der Waals surface area contributed by atoms with Crippen molar-refractivity contribution in [2.24, 2.45) is 0 Å². The van der Waals surface area contributed by atoms with Crippen LogP contribution in [0.3, 0.4) is 0 Å². The quantitative estimate of drug-likeness (QED) is 0.658. The van der Waals surface area contributed by atoms with Gasteiger partial charge in [-0.05, 0) is 38.5 Å². The number of rotatable bonds is 6. The van der Waals surface area contributed by atoms with Crippen LogP contribution in [0.1, 0.15) is 36.7 Å². The highest BCUT2D eigenvalue weighted by atomic mass is 16.6. The number of aliphatic hydroxyl groups excluding tert-OH is 1. The lowest BCUT2D eigenvalue weighted by atomic mass is 10.1. The number of methoxy groups -OCH3 is 1. The van der Waals surface area contributed by atoms with Gasteiger partial charge in [0.1, 0.15) is 5.60 Å². The summed E-state index contributed by atoms with van der Waals surface area (Å²) < 4.78 is 9.61. The maximum absolute atomic E-state index is 12.0. The zero-order valence-electron chi connectivity index (χ0n) is 14.8. The first kappa shape index (κ1) is 20.4. The molecule has 1 aromatic carbocycles. The van der Waals surface area contributed by atoms with Gasteiger partial charge in [-0.3, -0.25) is 4.79 Å². The highest BCUT2D eigenvalue weighted by Crippen LogP contribution is 2.08. The average Bonchev–Trinajstić information content (AvgIpc) is 2.55. The van der Waals surface area contributed by atoms with Crippen LogP contribution in [0.2, 0.25) is 0 Å². The van der Waals surface area contributed by atoms with Gasteiger partial charge in [-0.1, -0.05) is 12.1 Å². The normalized spacial score (nSPS) is 12.0. The Kier molecular flexibility index (Phi) is 7.38. The summed E-state index contributed by atoms with van der Waals surface area (Å²) in [6.45, 7) is 5.00. The van der Waals surface area contributed by atoms with Crippen molar-refractivity contribution in [2.45, 2.75) is 39.0 Å². The zero-order valence-corrected chi connectivity index (χ0v) is 14.8. The van der Waals surface area contributed by atoms with E-state index in [1.165, 1.54) is 7.11 Å². The molecule has 2 amide bonds. The van der Waals surface area contributed by atoms with Crippen molar-refractivity contribution in [3.05, 3.63) is 35.4 Å². The van der Waals surface area contributed by atoms with Crippen molar-refractivity contribution < 1.29 is 29.0 Å². The topological polar surface area (TPSA) is 114 Å². The second kappa shape index (κ2) is 9.03. The lowest BCUT2D eigenvalue weighted by Gasteiger charge is -2.19. The van der Waals surface area contributed by atoms with E-state index >= 15 is 0 Å². The number of carbonyl (C=O) groups is 3. The molecule has 3 N–H and O–H groups in total. The molecule has 0 unspecified atom stereocenters. The number of esters is 1. The van der Waals surface area contributed by atoms with Crippen LogP contribution in [0.5, 0.6) is 0 Å². The van der Waals surface area contributed by atoms with Crippen LogP contribution in [0.4, 0.5) is 4.79 Å². The maximum Gasteiger partial charge on any atom is 0.407 e. The number of hydrogen-bond donors (Lipinski definition) is 3. The number of amides is 2. The van der Waals surface area contributed by atoms with Gasteiger partial charge in [0, 0.05) is 12.1 Å². The molecule has 138 valence electrons. The standard InChI is InChI=1S/C17H24N2O6/c1-17(2,3)25-16(23)18-9-11-5-7-12(8-6-11)14(21)19-13(10-20)15(22)24-4/h5-8,13,20H,9-10H2,1-4H3,(H,18,23)(H,19,21)/t13-/m0/s1. The molecule has 1 rings (SSSR count). The number of carbonyl (C=O) groups excluding carboxylic acids is 3. The molecule has 0 aliphatic heterocycles. The Morgan fingerprint density at radius 3 is 2.24 bits per heavy atom. The van der Waals surface area contributed by atoms with E-state index in [2.05, 4.69) is 15.4 Å². The fourth-order valence-electron chi connectivity index (χ4n) is 1.83. The lowest BCUT2D eigenvalue weighted by Crippen LogP contribution is -2.44. The minimum atomic E-state index is -1.12. The SMILES string of the molecule is COC(=O)[C@H](CO)NC(=O)c1ccc(CNC(=O)OC(C)(C)C)cc1. The van der Waals surface area contributed by atoms with E-state index in [9.17, 15) is 14.4 Å². The Labute approximate surface area is 146 Å². The molecule has 0 bridgehead atoms. The van der Waals surface area contributed by atoms with E-state index in [1.54, 1.807) is 45.0 Å². The summed E-state index contributed by atoms with van der Waals surface area (Å²) >= 11 is 0. The van der Waals surface area contributed by atoms with Crippen LogP contribution in [0, 0.1) is 0 Å². The highest BCUT2D eigenvalue weighted by Gasteiger charge is 2.21. The molecule has 0 aliphatic rings. The van der Waals surface area contributed by atoms with Crippen LogP contribution < -0.4 is 10.6 Å². The van der Waals surface area contributed by atoms with Crippen molar-refractivity contribution >= 4 is 18.0 Å². The molecule has 25 heavy (non-hydrogen) atoms. The van der Waals surface area contributed by atoms with Crippen molar-refractivity contribution in [1.29, 1.82) is 0 Å². The minimum absolute atomic E-state index is 0.248. The van der Waals surface area contributed by atoms with E-state index in [0.717, 1.165) is 5.56 Å². The van der Waals surface area contributed by atoms with E-state index in [4.69, 9.17) is 9.84 Å². The van der Waals surface area contributed by atoms with Crippen LogP contribution in [0.15, 0.2) is 24.3 Å². The summed E-state index contributed by atoms with van der Waals surface area (Å²) in [7, 11) is 1.17. The maximum atomic E-state index is 12.0. The minimum Gasteiger partial charge on any atom is -0.467 e. The third-order valence-electron chi connectivity index (χ3n) is 3.03. The van der Waals surface area contributed by atoms with E-state index in [-0.39, 0.29) is 6.54 Å². The molecular weight excluding hydrogens is 328 g/mol. The molecule has 0 spiro atoms. The van der Waals surface area contributed by atoms with Gasteiger partial charge >= 0.3 is 12.1 Å². The Morgan fingerprint density at radius 2 is 1.76 bits per heavy atom. The first-order chi connectivity index (χ1) is 11.7. The summed E-state index contributed by atoms with van der Waals surface area (Å²) in [4.78, 5) is 35.0. The summed E-state index contributed by atoms with van der Waals surface area (Å²) in [6.07, 6.45) is -0.529. The highest BCUT2D eigenvalue weighted by molar-refractivity contribution is 5.96. The van der Waals surface area contributed by atoms with Gasteiger partial charge in [0.2, 0.25) is 0 Å². The van der Waals surface area contributed by atoms with E-state index in [1.807, 2.05) is 0 Å². The summed E-state index contributed by atoms with van der Waals surface area (Å²) in [5.74, 6) is -1.25. The summed E-state index contributed by atoms with van der Waals surface area (Å²) in [6, 6.07) is 5.31. The van der Waals surface area contributed by atoms with Crippen LogP contribution in [0.25, 0.3) is 0 Å². The van der Waals surface area contributed by atoms with Gasteiger partial charge in [-0.15, -0.1) is 0 Å². The molecule has 0 saturated heterocycles. The predicted molar refractivity (Wildman–Crippen MR) is 89.9 cm³/mol. The van der Waals surface area contributed by atoms with Crippen molar-refractivity contribution in [1.82, 2.24) is 10.6 Å². The van der Waals surface area contributed by atoms with Gasteiger partial charge < -0.3 is 25.2 Å². The molecule has 0 aromatic heterocycles. The molecule has 1 aromatic rings. The zero-order chi connectivity index (χ0) is 19.0. The Hall–Kier alpha value is -2.61. The average molecular weight is 352 g/mol.